The molecule has 0 bridgehead atoms. The number of benzene rings is 3. The van der Waals surface area contributed by atoms with Crippen molar-refractivity contribution in [3.63, 3.8) is 0 Å². The van der Waals surface area contributed by atoms with Gasteiger partial charge in [-0.2, -0.15) is 0 Å². The van der Waals surface area contributed by atoms with Gasteiger partial charge in [-0.25, -0.2) is 0 Å². The zero-order valence-corrected chi connectivity index (χ0v) is 14.8. The molecule has 0 aliphatic rings. The van der Waals surface area contributed by atoms with Gasteiger partial charge in [-0.3, -0.25) is 4.79 Å². The van der Waals surface area contributed by atoms with E-state index in [0.29, 0.717) is 6.42 Å². The van der Waals surface area contributed by atoms with Gasteiger partial charge in [-0.05, 0) is 33.9 Å². The van der Waals surface area contributed by atoms with Crippen molar-refractivity contribution in [1.29, 1.82) is 0 Å². The first kappa shape index (κ1) is 17.2. The monoisotopic (exact) mass is 331 g/mol. The Bertz CT molecular complexity index is 839. The van der Waals surface area contributed by atoms with Gasteiger partial charge in [0.05, 0.1) is 6.42 Å². The minimum Gasteiger partial charge on any atom is -0.356 e. The summed E-state index contributed by atoms with van der Waals surface area (Å²) >= 11 is 0. The Hall–Kier alpha value is -2.61. The fourth-order valence-corrected chi connectivity index (χ4v) is 3.25. The summed E-state index contributed by atoms with van der Waals surface area (Å²) in [5.41, 5.74) is 3.41. The number of carbonyl (C=O) groups is 1. The minimum atomic E-state index is 0.101. The van der Waals surface area contributed by atoms with E-state index in [-0.39, 0.29) is 5.91 Å². The minimum absolute atomic E-state index is 0.101. The van der Waals surface area contributed by atoms with Gasteiger partial charge in [0.15, 0.2) is 0 Å². The van der Waals surface area contributed by atoms with Crippen LogP contribution in [0.4, 0.5) is 0 Å². The zero-order valence-electron chi connectivity index (χ0n) is 14.8. The summed E-state index contributed by atoms with van der Waals surface area (Å²) in [5, 5.41) is 5.46. The smallest absolute Gasteiger partial charge is 0.224 e. The normalized spacial score (nSPS) is 10.8. The van der Waals surface area contributed by atoms with Crippen LogP contribution in [0.5, 0.6) is 0 Å². The summed E-state index contributed by atoms with van der Waals surface area (Å²) in [6.45, 7) is 2.93. The van der Waals surface area contributed by atoms with Crippen LogP contribution in [0.2, 0.25) is 0 Å². The average molecular weight is 331 g/mol. The second-order valence-electron chi connectivity index (χ2n) is 6.42. The van der Waals surface area contributed by atoms with Crippen LogP contribution in [0.1, 0.15) is 31.7 Å². The first-order valence-electron chi connectivity index (χ1n) is 9.12. The number of nitrogens with one attached hydrogen (secondary N) is 1. The molecule has 0 unspecified atom stereocenters. The number of carbonyl (C=O) groups excluding carboxylic acids is 1. The Morgan fingerprint density at radius 2 is 1.64 bits per heavy atom. The highest BCUT2D eigenvalue weighted by atomic mass is 16.1. The van der Waals surface area contributed by atoms with E-state index in [4.69, 9.17) is 0 Å². The van der Waals surface area contributed by atoms with E-state index < -0.39 is 0 Å². The maximum absolute atomic E-state index is 12.4. The quantitative estimate of drug-likeness (QED) is 0.581. The van der Waals surface area contributed by atoms with Crippen molar-refractivity contribution in [3.05, 3.63) is 72.3 Å². The highest BCUT2D eigenvalue weighted by Crippen LogP contribution is 2.32. The summed E-state index contributed by atoms with van der Waals surface area (Å²) in [7, 11) is 0. The second kappa shape index (κ2) is 8.48. The Labute approximate surface area is 149 Å². The number of amides is 1. The molecule has 3 aromatic carbocycles. The predicted molar refractivity (Wildman–Crippen MR) is 106 cm³/mol. The van der Waals surface area contributed by atoms with E-state index in [0.717, 1.165) is 30.5 Å². The number of hydrogen-bond donors (Lipinski definition) is 1. The lowest BCUT2D eigenvalue weighted by molar-refractivity contribution is -0.120. The SMILES string of the molecule is CCCCCNC(=O)Cc1ccc2ccccc2c1-c1ccccc1. The molecule has 0 fully saturated rings. The Morgan fingerprint density at radius 3 is 2.44 bits per heavy atom. The number of unbranched alkanes of at least 4 members (excludes halogenated alkanes) is 2. The molecule has 0 aromatic heterocycles. The molecule has 3 aromatic rings. The molecule has 128 valence electrons. The molecule has 0 heterocycles. The second-order valence-corrected chi connectivity index (χ2v) is 6.42. The maximum atomic E-state index is 12.4. The van der Waals surface area contributed by atoms with Gasteiger partial charge in [0.1, 0.15) is 0 Å². The van der Waals surface area contributed by atoms with E-state index in [2.05, 4.69) is 60.8 Å². The molecule has 25 heavy (non-hydrogen) atoms. The van der Waals surface area contributed by atoms with Crippen molar-refractivity contribution in [2.75, 3.05) is 6.54 Å². The van der Waals surface area contributed by atoms with Crippen molar-refractivity contribution >= 4 is 16.7 Å². The van der Waals surface area contributed by atoms with Crippen molar-refractivity contribution < 1.29 is 4.79 Å². The maximum Gasteiger partial charge on any atom is 0.224 e. The molecule has 1 amide bonds. The molecule has 0 aliphatic carbocycles. The van der Waals surface area contributed by atoms with E-state index in [1.54, 1.807) is 0 Å². The fraction of sp³-hybridized carbons (Fsp3) is 0.261. The first-order chi connectivity index (χ1) is 12.3. The fourth-order valence-electron chi connectivity index (χ4n) is 3.25. The van der Waals surface area contributed by atoms with Crippen LogP contribution in [0.25, 0.3) is 21.9 Å². The van der Waals surface area contributed by atoms with E-state index >= 15 is 0 Å². The molecule has 0 atom stereocenters. The molecule has 3 rings (SSSR count). The summed E-state index contributed by atoms with van der Waals surface area (Å²) in [6, 6.07) is 22.9. The molecule has 0 radical (unpaired) electrons. The van der Waals surface area contributed by atoms with Crippen molar-refractivity contribution in [3.8, 4) is 11.1 Å². The lowest BCUT2D eigenvalue weighted by Gasteiger charge is -2.14. The van der Waals surface area contributed by atoms with E-state index in [9.17, 15) is 4.79 Å². The van der Waals surface area contributed by atoms with Crippen LogP contribution >= 0.6 is 0 Å². The van der Waals surface area contributed by atoms with Gasteiger partial charge in [-0.1, -0.05) is 86.5 Å². The van der Waals surface area contributed by atoms with E-state index in [1.165, 1.54) is 22.8 Å². The molecule has 0 saturated carbocycles. The molecule has 2 nitrogen and oxygen atoms in total. The van der Waals surface area contributed by atoms with Crippen LogP contribution in [0.15, 0.2) is 66.7 Å². The summed E-state index contributed by atoms with van der Waals surface area (Å²) in [5.74, 6) is 0.101. The van der Waals surface area contributed by atoms with Gasteiger partial charge >= 0.3 is 0 Å². The Kier molecular flexibility index (Phi) is 5.84. The van der Waals surface area contributed by atoms with Crippen molar-refractivity contribution in [2.24, 2.45) is 0 Å². The topological polar surface area (TPSA) is 29.1 Å². The predicted octanol–water partition coefficient (Wildman–Crippen LogP) is 5.36. The standard InChI is InChI=1S/C23H25NO/c1-2-3-9-16-24-22(25)17-20-15-14-18-10-7-8-13-21(18)23(20)19-11-5-4-6-12-19/h4-8,10-15H,2-3,9,16-17H2,1H3,(H,24,25). The van der Waals surface area contributed by atoms with Gasteiger partial charge in [0.2, 0.25) is 5.91 Å². The highest BCUT2D eigenvalue weighted by Gasteiger charge is 2.12. The van der Waals surface area contributed by atoms with Crippen LogP contribution in [-0.4, -0.2) is 12.5 Å². The third-order valence-electron chi connectivity index (χ3n) is 4.53. The molecule has 0 aliphatic heterocycles. The Balaban J connectivity index is 1.91. The number of rotatable bonds is 7. The molecule has 2 heteroatoms. The van der Waals surface area contributed by atoms with E-state index in [1.807, 2.05) is 18.2 Å². The summed E-state index contributed by atoms with van der Waals surface area (Å²) in [6.07, 6.45) is 3.79. The van der Waals surface area contributed by atoms with Crippen LogP contribution in [-0.2, 0) is 11.2 Å². The summed E-state index contributed by atoms with van der Waals surface area (Å²) in [4.78, 5) is 12.4. The highest BCUT2D eigenvalue weighted by molar-refractivity contribution is 5.99. The van der Waals surface area contributed by atoms with Crippen LogP contribution in [0.3, 0.4) is 0 Å². The van der Waals surface area contributed by atoms with Crippen LogP contribution < -0.4 is 5.32 Å². The molecule has 0 saturated heterocycles. The third-order valence-corrected chi connectivity index (χ3v) is 4.53. The van der Waals surface area contributed by atoms with Crippen LogP contribution in [0, 0.1) is 0 Å². The van der Waals surface area contributed by atoms with Gasteiger partial charge in [0.25, 0.3) is 0 Å². The van der Waals surface area contributed by atoms with Crippen molar-refractivity contribution in [1.82, 2.24) is 5.32 Å². The van der Waals surface area contributed by atoms with Gasteiger partial charge in [-0.15, -0.1) is 0 Å². The Morgan fingerprint density at radius 1 is 0.880 bits per heavy atom. The zero-order chi connectivity index (χ0) is 17.5. The third kappa shape index (κ3) is 4.27. The number of hydrogen-bond acceptors (Lipinski definition) is 1. The molecule has 1 N–H and O–H groups in total. The van der Waals surface area contributed by atoms with Crippen molar-refractivity contribution in [2.45, 2.75) is 32.6 Å². The molecular formula is C23H25NO. The largest absolute Gasteiger partial charge is 0.356 e. The summed E-state index contributed by atoms with van der Waals surface area (Å²) < 4.78 is 0. The molecular weight excluding hydrogens is 306 g/mol. The lowest BCUT2D eigenvalue weighted by Crippen LogP contribution is -2.26. The average Bonchev–Trinajstić information content (AvgIpc) is 2.66. The lowest BCUT2D eigenvalue weighted by atomic mass is 9.92. The van der Waals surface area contributed by atoms with Gasteiger partial charge < -0.3 is 5.32 Å². The molecule has 0 spiro atoms. The van der Waals surface area contributed by atoms with Gasteiger partial charge in [0, 0.05) is 6.54 Å². The number of fused-ring (bicyclic) bond motifs is 1. The first-order valence-corrected chi connectivity index (χ1v) is 9.12.